The number of alkyl carbamates (subject to hydrolysis) is 1. The third-order valence-electron chi connectivity index (χ3n) is 1.47. The Balaban J connectivity index is 3.79. The molecule has 17 heavy (non-hydrogen) atoms. The Kier molecular flexibility index (Phi) is 6.93. The maximum Gasteiger partial charge on any atom is 0.434 e. The SMILES string of the molecule is CCCCOC(=O)/N=C/NC(=O)OC(C)(C)C. The summed E-state index contributed by atoms with van der Waals surface area (Å²) in [5.41, 5.74) is -0.584. The predicted molar refractivity (Wildman–Crippen MR) is 64.1 cm³/mol. The van der Waals surface area contributed by atoms with Crippen molar-refractivity contribution in [3.63, 3.8) is 0 Å². The van der Waals surface area contributed by atoms with Gasteiger partial charge in [-0.25, -0.2) is 9.59 Å². The van der Waals surface area contributed by atoms with Crippen LogP contribution in [0.15, 0.2) is 4.99 Å². The minimum Gasteiger partial charge on any atom is -0.448 e. The van der Waals surface area contributed by atoms with Gasteiger partial charge in [-0.1, -0.05) is 13.3 Å². The van der Waals surface area contributed by atoms with Crippen LogP contribution in [0, 0.1) is 0 Å². The fraction of sp³-hybridized carbons (Fsp3) is 0.727. The molecule has 0 heterocycles. The molecular formula is C11H20N2O4. The van der Waals surface area contributed by atoms with E-state index in [1.807, 2.05) is 6.92 Å². The Hall–Kier alpha value is -1.59. The summed E-state index contributed by atoms with van der Waals surface area (Å²) >= 11 is 0. The molecular weight excluding hydrogens is 224 g/mol. The van der Waals surface area contributed by atoms with E-state index in [1.165, 1.54) is 0 Å². The summed E-state index contributed by atoms with van der Waals surface area (Å²) in [6.45, 7) is 7.54. The van der Waals surface area contributed by atoms with Crippen LogP contribution in [-0.2, 0) is 9.47 Å². The number of hydrogen-bond donors (Lipinski definition) is 1. The van der Waals surface area contributed by atoms with Crippen molar-refractivity contribution >= 4 is 18.5 Å². The molecule has 0 aromatic heterocycles. The zero-order chi connectivity index (χ0) is 13.3. The van der Waals surface area contributed by atoms with Crippen molar-refractivity contribution in [3.05, 3.63) is 0 Å². The van der Waals surface area contributed by atoms with Gasteiger partial charge in [0.05, 0.1) is 6.61 Å². The third kappa shape index (κ3) is 10.7. The highest BCUT2D eigenvalue weighted by molar-refractivity contribution is 5.87. The number of unbranched alkanes of at least 4 members (excludes halogenated alkanes) is 1. The minimum absolute atomic E-state index is 0.332. The van der Waals surface area contributed by atoms with E-state index in [9.17, 15) is 9.59 Å². The first-order chi connectivity index (χ1) is 7.85. The Morgan fingerprint density at radius 2 is 2.00 bits per heavy atom. The molecule has 6 heteroatoms. The van der Waals surface area contributed by atoms with Gasteiger partial charge in [0.15, 0.2) is 0 Å². The van der Waals surface area contributed by atoms with Crippen LogP contribution in [0.4, 0.5) is 9.59 Å². The maximum absolute atomic E-state index is 11.1. The van der Waals surface area contributed by atoms with Crippen molar-refractivity contribution in [3.8, 4) is 0 Å². The molecule has 1 N–H and O–H groups in total. The van der Waals surface area contributed by atoms with Gasteiger partial charge in [0.25, 0.3) is 0 Å². The summed E-state index contributed by atoms with van der Waals surface area (Å²) in [7, 11) is 0. The van der Waals surface area contributed by atoms with E-state index in [-0.39, 0.29) is 0 Å². The number of hydrogen-bond acceptors (Lipinski definition) is 4. The van der Waals surface area contributed by atoms with E-state index < -0.39 is 17.8 Å². The molecule has 0 aromatic rings. The molecule has 6 nitrogen and oxygen atoms in total. The monoisotopic (exact) mass is 244 g/mol. The minimum atomic E-state index is -0.727. The second kappa shape index (κ2) is 7.65. The highest BCUT2D eigenvalue weighted by Crippen LogP contribution is 2.05. The van der Waals surface area contributed by atoms with Crippen molar-refractivity contribution < 1.29 is 19.1 Å². The zero-order valence-corrected chi connectivity index (χ0v) is 10.8. The summed E-state index contributed by atoms with van der Waals surface area (Å²) in [4.78, 5) is 25.5. The van der Waals surface area contributed by atoms with Gasteiger partial charge in [-0.15, -0.1) is 0 Å². The third-order valence-corrected chi connectivity index (χ3v) is 1.47. The number of carbonyl (C=O) groups excluding carboxylic acids is 2. The molecule has 2 amide bonds. The summed E-state index contributed by atoms with van der Waals surface area (Å²) in [5.74, 6) is 0. The van der Waals surface area contributed by atoms with Gasteiger partial charge >= 0.3 is 12.2 Å². The summed E-state index contributed by atoms with van der Waals surface area (Å²) in [6, 6.07) is 0. The lowest BCUT2D eigenvalue weighted by Crippen LogP contribution is -2.31. The van der Waals surface area contributed by atoms with Gasteiger partial charge in [-0.05, 0) is 27.2 Å². The van der Waals surface area contributed by atoms with E-state index in [0.29, 0.717) is 6.61 Å². The molecule has 0 aliphatic rings. The quantitative estimate of drug-likeness (QED) is 0.468. The van der Waals surface area contributed by atoms with Gasteiger partial charge in [0.2, 0.25) is 0 Å². The van der Waals surface area contributed by atoms with E-state index in [0.717, 1.165) is 19.2 Å². The van der Waals surface area contributed by atoms with Gasteiger partial charge < -0.3 is 9.47 Å². The van der Waals surface area contributed by atoms with Gasteiger partial charge in [0.1, 0.15) is 11.9 Å². The van der Waals surface area contributed by atoms with Gasteiger partial charge in [-0.3, -0.25) is 5.32 Å². The molecule has 0 unspecified atom stereocenters. The van der Waals surface area contributed by atoms with Crippen molar-refractivity contribution in [2.24, 2.45) is 4.99 Å². The van der Waals surface area contributed by atoms with Crippen molar-refractivity contribution in [1.82, 2.24) is 5.32 Å². The lowest BCUT2D eigenvalue weighted by atomic mass is 10.2. The van der Waals surface area contributed by atoms with E-state index in [1.54, 1.807) is 20.8 Å². The topological polar surface area (TPSA) is 77.0 Å². The molecule has 0 aliphatic heterocycles. The average molecular weight is 244 g/mol. The molecule has 0 saturated heterocycles. The molecule has 0 bridgehead atoms. The van der Waals surface area contributed by atoms with Crippen LogP contribution >= 0.6 is 0 Å². The van der Waals surface area contributed by atoms with Crippen LogP contribution in [-0.4, -0.2) is 30.7 Å². The van der Waals surface area contributed by atoms with Crippen LogP contribution in [0.2, 0.25) is 0 Å². The Morgan fingerprint density at radius 1 is 1.35 bits per heavy atom. The number of nitrogens with zero attached hydrogens (tertiary/aromatic N) is 1. The van der Waals surface area contributed by atoms with E-state index in [2.05, 4.69) is 10.3 Å². The normalized spacial score (nSPS) is 11.3. The maximum atomic E-state index is 11.1. The Bertz CT molecular complexity index is 282. The summed E-state index contributed by atoms with van der Waals surface area (Å²) in [6.07, 6.45) is 1.30. The van der Waals surface area contributed by atoms with Crippen molar-refractivity contribution in [1.29, 1.82) is 0 Å². The smallest absolute Gasteiger partial charge is 0.434 e. The summed E-state index contributed by atoms with van der Waals surface area (Å²) in [5, 5.41) is 2.21. The molecule has 0 rings (SSSR count). The van der Waals surface area contributed by atoms with E-state index >= 15 is 0 Å². The Morgan fingerprint density at radius 3 is 2.53 bits per heavy atom. The molecule has 0 spiro atoms. The highest BCUT2D eigenvalue weighted by atomic mass is 16.6. The number of aliphatic imine (C=N–C) groups is 1. The standard InChI is InChI=1S/C11H20N2O4/c1-5-6-7-16-9(14)12-8-13-10(15)17-11(2,3)4/h8H,5-7H2,1-4H3,(H,12,13,14,15). The number of ether oxygens (including phenoxy) is 2. The fourth-order valence-electron chi connectivity index (χ4n) is 0.786. The lowest BCUT2D eigenvalue weighted by Gasteiger charge is -2.18. The first-order valence-electron chi connectivity index (χ1n) is 5.54. The number of rotatable bonds is 4. The molecule has 0 aromatic carbocycles. The molecule has 0 radical (unpaired) electrons. The Labute approximate surface area is 101 Å². The van der Waals surface area contributed by atoms with Crippen LogP contribution in [0.5, 0.6) is 0 Å². The van der Waals surface area contributed by atoms with Crippen molar-refractivity contribution in [2.45, 2.75) is 46.1 Å². The predicted octanol–water partition coefficient (Wildman–Crippen LogP) is 2.48. The molecule has 0 saturated carbocycles. The number of nitrogens with one attached hydrogen (secondary N) is 1. The average Bonchev–Trinajstić information content (AvgIpc) is 2.15. The summed E-state index contributed by atoms with van der Waals surface area (Å²) < 4.78 is 9.66. The molecule has 0 fully saturated rings. The molecule has 98 valence electrons. The fourth-order valence-corrected chi connectivity index (χ4v) is 0.786. The highest BCUT2D eigenvalue weighted by Gasteiger charge is 2.15. The first-order valence-corrected chi connectivity index (χ1v) is 5.54. The first kappa shape index (κ1) is 15.4. The van der Waals surface area contributed by atoms with Gasteiger partial charge in [-0.2, -0.15) is 4.99 Å². The van der Waals surface area contributed by atoms with Crippen molar-refractivity contribution in [2.75, 3.05) is 6.61 Å². The molecule has 0 atom stereocenters. The van der Waals surface area contributed by atoms with Crippen LogP contribution in [0.1, 0.15) is 40.5 Å². The number of carbonyl (C=O) groups is 2. The van der Waals surface area contributed by atoms with Crippen LogP contribution < -0.4 is 5.32 Å². The zero-order valence-electron chi connectivity index (χ0n) is 10.8. The molecule has 0 aliphatic carbocycles. The number of amides is 2. The van der Waals surface area contributed by atoms with E-state index in [4.69, 9.17) is 9.47 Å². The lowest BCUT2D eigenvalue weighted by molar-refractivity contribution is 0.0565. The van der Waals surface area contributed by atoms with Crippen LogP contribution in [0.25, 0.3) is 0 Å². The van der Waals surface area contributed by atoms with Gasteiger partial charge in [0, 0.05) is 0 Å². The second-order valence-corrected chi connectivity index (χ2v) is 4.37. The largest absolute Gasteiger partial charge is 0.448 e. The van der Waals surface area contributed by atoms with Crippen LogP contribution in [0.3, 0.4) is 0 Å². The second-order valence-electron chi connectivity index (χ2n) is 4.37.